The summed E-state index contributed by atoms with van der Waals surface area (Å²) >= 11 is 0. The number of hydrogen-bond donors (Lipinski definition) is 1. The van der Waals surface area contributed by atoms with Gasteiger partial charge in [0.25, 0.3) is 5.91 Å². The van der Waals surface area contributed by atoms with Gasteiger partial charge in [0.2, 0.25) is 11.8 Å². The molecule has 0 bridgehead atoms. The Kier molecular flexibility index (Phi) is 7.27. The number of benzene rings is 1. The van der Waals surface area contributed by atoms with Crippen molar-refractivity contribution >= 4 is 23.2 Å². The van der Waals surface area contributed by atoms with Gasteiger partial charge in [0.05, 0.1) is 12.1 Å². The van der Waals surface area contributed by atoms with Gasteiger partial charge >= 0.3 is 6.36 Å². The summed E-state index contributed by atoms with van der Waals surface area (Å²) in [4.78, 5) is 35.1. The fourth-order valence-electron chi connectivity index (χ4n) is 4.06. The summed E-state index contributed by atoms with van der Waals surface area (Å²) in [6, 6.07) is 6.86. The van der Waals surface area contributed by atoms with Crippen LogP contribution in [0.3, 0.4) is 0 Å². The standard InChI is InChI=1S/C25H25F3N4O4/c1-15-2-7-21(31-15)17-13-20(23(29)34)24(30-14-17)35-18-8-10-32(11-9-18)22(33)12-16-3-5-19(6-4-16)36-25(26,27)28/h3-7,13-14,18H,2,8-12H2,1H3,(H2,29,34). The van der Waals surface area contributed by atoms with E-state index in [9.17, 15) is 22.8 Å². The number of carbonyl (C=O) groups is 2. The number of carbonyl (C=O) groups excluding carboxylic acids is 2. The lowest BCUT2D eigenvalue weighted by Gasteiger charge is -2.32. The number of aliphatic imine (C=N–C) groups is 1. The minimum absolute atomic E-state index is 0.0600. The molecular formula is C25H25F3N4O4. The van der Waals surface area contributed by atoms with Crippen molar-refractivity contribution in [2.45, 2.75) is 45.1 Å². The Balaban J connectivity index is 1.32. The molecule has 2 aliphatic heterocycles. The van der Waals surface area contributed by atoms with Gasteiger partial charge in [-0.25, -0.2) is 4.98 Å². The van der Waals surface area contributed by atoms with E-state index >= 15 is 0 Å². The van der Waals surface area contributed by atoms with E-state index in [1.54, 1.807) is 17.2 Å². The number of aromatic nitrogens is 1. The molecule has 2 amide bonds. The van der Waals surface area contributed by atoms with Crippen molar-refractivity contribution < 1.29 is 32.2 Å². The summed E-state index contributed by atoms with van der Waals surface area (Å²) in [5.74, 6) is -0.982. The number of ether oxygens (including phenoxy) is 2. The molecule has 0 aliphatic carbocycles. The van der Waals surface area contributed by atoms with Gasteiger partial charge in [-0.3, -0.25) is 14.6 Å². The van der Waals surface area contributed by atoms with Crippen LogP contribution in [-0.2, 0) is 11.2 Å². The zero-order valence-electron chi connectivity index (χ0n) is 19.5. The largest absolute Gasteiger partial charge is 0.573 e. The smallest absolute Gasteiger partial charge is 0.474 e. The van der Waals surface area contributed by atoms with Crippen LogP contribution in [0.15, 0.2) is 47.6 Å². The molecule has 2 N–H and O–H groups in total. The molecule has 8 nitrogen and oxygen atoms in total. The highest BCUT2D eigenvalue weighted by atomic mass is 19.4. The Bertz CT molecular complexity index is 1200. The van der Waals surface area contributed by atoms with Crippen LogP contribution in [0.1, 0.15) is 47.7 Å². The topological polar surface area (TPSA) is 107 Å². The van der Waals surface area contributed by atoms with Crippen LogP contribution in [-0.4, -0.2) is 53.0 Å². The molecule has 11 heteroatoms. The molecular weight excluding hydrogens is 477 g/mol. The van der Waals surface area contributed by atoms with E-state index in [0.29, 0.717) is 37.1 Å². The van der Waals surface area contributed by atoms with E-state index < -0.39 is 12.3 Å². The average molecular weight is 502 g/mol. The molecule has 1 aromatic heterocycles. The number of halogens is 3. The van der Waals surface area contributed by atoms with E-state index in [0.717, 1.165) is 17.8 Å². The number of nitrogens with zero attached hydrogens (tertiary/aromatic N) is 3. The first-order valence-corrected chi connectivity index (χ1v) is 11.4. The minimum Gasteiger partial charge on any atom is -0.474 e. The maximum Gasteiger partial charge on any atom is 0.573 e. The first-order valence-electron chi connectivity index (χ1n) is 11.4. The zero-order chi connectivity index (χ0) is 25.9. The van der Waals surface area contributed by atoms with Crippen LogP contribution in [0.5, 0.6) is 11.6 Å². The number of allylic oxidation sites excluding steroid dienone is 1. The van der Waals surface area contributed by atoms with Gasteiger partial charge in [-0.1, -0.05) is 18.2 Å². The molecule has 1 saturated heterocycles. The molecule has 2 aliphatic rings. The molecule has 1 aromatic carbocycles. The Labute approximate surface area is 205 Å². The lowest BCUT2D eigenvalue weighted by Crippen LogP contribution is -2.42. The number of rotatable bonds is 7. The van der Waals surface area contributed by atoms with E-state index in [-0.39, 0.29) is 35.6 Å². The molecule has 0 atom stereocenters. The summed E-state index contributed by atoms with van der Waals surface area (Å²) in [5.41, 5.74) is 8.71. The van der Waals surface area contributed by atoms with Gasteiger partial charge < -0.3 is 20.1 Å². The van der Waals surface area contributed by atoms with E-state index in [2.05, 4.69) is 14.7 Å². The molecule has 0 saturated carbocycles. The van der Waals surface area contributed by atoms with Crippen molar-refractivity contribution in [2.75, 3.05) is 13.1 Å². The zero-order valence-corrected chi connectivity index (χ0v) is 19.5. The van der Waals surface area contributed by atoms with Crippen molar-refractivity contribution in [2.24, 2.45) is 10.7 Å². The molecule has 1 fully saturated rings. The number of hydrogen-bond acceptors (Lipinski definition) is 6. The first-order chi connectivity index (χ1) is 17.1. The Hall–Kier alpha value is -3.89. The van der Waals surface area contributed by atoms with Crippen LogP contribution in [0.2, 0.25) is 0 Å². The number of amides is 2. The molecule has 0 unspecified atom stereocenters. The number of pyridine rings is 1. The van der Waals surface area contributed by atoms with Crippen molar-refractivity contribution in [3.8, 4) is 11.6 Å². The van der Waals surface area contributed by atoms with Crippen molar-refractivity contribution in [3.05, 3.63) is 59.3 Å². The molecule has 0 radical (unpaired) electrons. The predicted molar refractivity (Wildman–Crippen MR) is 126 cm³/mol. The highest BCUT2D eigenvalue weighted by Crippen LogP contribution is 2.28. The molecule has 0 spiro atoms. The third kappa shape index (κ3) is 6.41. The number of alkyl halides is 3. The summed E-state index contributed by atoms with van der Waals surface area (Å²) in [7, 11) is 0. The average Bonchev–Trinajstić information content (AvgIpc) is 3.26. The van der Waals surface area contributed by atoms with Gasteiger partial charge in [0.15, 0.2) is 0 Å². The van der Waals surface area contributed by atoms with Gasteiger partial charge in [-0.05, 0) is 30.7 Å². The quantitative estimate of drug-likeness (QED) is 0.618. The number of primary amides is 1. The van der Waals surface area contributed by atoms with Gasteiger partial charge in [-0.15, -0.1) is 13.2 Å². The number of piperidine rings is 1. The lowest BCUT2D eigenvalue weighted by molar-refractivity contribution is -0.274. The summed E-state index contributed by atoms with van der Waals surface area (Å²) in [6.07, 6.45) is 0.393. The maximum atomic E-state index is 12.7. The van der Waals surface area contributed by atoms with Crippen LogP contribution in [0.25, 0.3) is 5.70 Å². The Morgan fingerprint density at radius 1 is 1.17 bits per heavy atom. The maximum absolute atomic E-state index is 12.7. The third-order valence-electron chi connectivity index (χ3n) is 5.90. The van der Waals surface area contributed by atoms with E-state index in [1.807, 2.05) is 13.0 Å². The second kappa shape index (κ2) is 10.4. The second-order valence-corrected chi connectivity index (χ2v) is 8.65. The Morgan fingerprint density at radius 2 is 1.86 bits per heavy atom. The van der Waals surface area contributed by atoms with Crippen molar-refractivity contribution in [3.63, 3.8) is 0 Å². The third-order valence-corrected chi connectivity index (χ3v) is 5.90. The van der Waals surface area contributed by atoms with Crippen LogP contribution in [0.4, 0.5) is 13.2 Å². The highest BCUT2D eigenvalue weighted by molar-refractivity contribution is 5.97. The van der Waals surface area contributed by atoms with Crippen molar-refractivity contribution in [1.82, 2.24) is 9.88 Å². The van der Waals surface area contributed by atoms with Gasteiger partial charge in [-0.2, -0.15) is 0 Å². The van der Waals surface area contributed by atoms with E-state index in [1.165, 1.54) is 24.3 Å². The molecule has 3 heterocycles. The molecule has 36 heavy (non-hydrogen) atoms. The fraction of sp³-hybridized carbons (Fsp3) is 0.360. The van der Waals surface area contributed by atoms with Crippen molar-refractivity contribution in [1.29, 1.82) is 0 Å². The summed E-state index contributed by atoms with van der Waals surface area (Å²) < 4.78 is 46.7. The van der Waals surface area contributed by atoms with Gasteiger partial charge in [0, 0.05) is 49.8 Å². The minimum atomic E-state index is -4.76. The second-order valence-electron chi connectivity index (χ2n) is 8.65. The van der Waals surface area contributed by atoms with Gasteiger partial charge in [0.1, 0.15) is 17.4 Å². The van der Waals surface area contributed by atoms with Crippen LogP contribution >= 0.6 is 0 Å². The normalized spacial score (nSPS) is 16.4. The highest BCUT2D eigenvalue weighted by Gasteiger charge is 2.31. The van der Waals surface area contributed by atoms with E-state index in [4.69, 9.17) is 10.5 Å². The lowest BCUT2D eigenvalue weighted by atomic mass is 10.1. The Morgan fingerprint density at radius 3 is 2.44 bits per heavy atom. The van der Waals surface area contributed by atoms with Crippen LogP contribution in [0, 0.1) is 0 Å². The summed E-state index contributed by atoms with van der Waals surface area (Å²) in [6.45, 7) is 2.79. The number of likely N-dealkylation sites (tertiary alicyclic amines) is 1. The molecule has 190 valence electrons. The monoisotopic (exact) mass is 502 g/mol. The first kappa shape index (κ1) is 25.2. The SMILES string of the molecule is CC1=NC(c2cnc(OC3CCN(C(=O)Cc4ccc(OC(F)(F)F)cc4)CC3)c(C(N)=O)c2)=CC1. The fourth-order valence-corrected chi connectivity index (χ4v) is 4.06. The molecule has 2 aromatic rings. The van der Waals surface area contributed by atoms with Crippen LogP contribution < -0.4 is 15.2 Å². The molecule has 4 rings (SSSR count). The predicted octanol–water partition coefficient (Wildman–Crippen LogP) is 3.90. The number of nitrogens with two attached hydrogens (primary N) is 1. The summed E-state index contributed by atoms with van der Waals surface area (Å²) in [5, 5.41) is 0.